The minimum Gasteiger partial charge on any atom is -0.339 e. The van der Waals surface area contributed by atoms with Crippen molar-refractivity contribution < 1.29 is 4.79 Å². The average molecular weight is 345 g/mol. The van der Waals surface area contributed by atoms with E-state index in [0.717, 1.165) is 32.4 Å². The summed E-state index contributed by atoms with van der Waals surface area (Å²) in [6.07, 6.45) is 9.25. The van der Waals surface area contributed by atoms with E-state index in [0.29, 0.717) is 6.54 Å². The van der Waals surface area contributed by atoms with Gasteiger partial charge >= 0.3 is 0 Å². The number of rotatable bonds is 5. The van der Waals surface area contributed by atoms with Crippen LogP contribution in [0.15, 0.2) is 24.8 Å². The molecule has 0 spiro atoms. The number of aromatic nitrogens is 6. The highest BCUT2D eigenvalue weighted by atomic mass is 16.2. The minimum absolute atomic E-state index is 0.170. The molecule has 2 aromatic heterocycles. The highest BCUT2D eigenvalue weighted by Crippen LogP contribution is 2.26. The van der Waals surface area contributed by atoms with Crippen molar-refractivity contribution in [3.05, 3.63) is 24.8 Å². The Bertz CT molecular complexity index is 671. The summed E-state index contributed by atoms with van der Waals surface area (Å²) in [5.41, 5.74) is 6.18. The highest BCUT2D eigenvalue weighted by molar-refractivity contribution is 5.80. The molecule has 10 nitrogen and oxygen atoms in total. The van der Waals surface area contributed by atoms with Gasteiger partial charge in [-0.25, -0.2) is 10.1 Å². The first-order valence-corrected chi connectivity index (χ1v) is 8.82. The van der Waals surface area contributed by atoms with E-state index in [1.54, 1.807) is 10.9 Å². The summed E-state index contributed by atoms with van der Waals surface area (Å²) in [5, 5.41) is 15.5. The van der Waals surface area contributed by atoms with E-state index in [1.165, 1.54) is 12.7 Å². The predicted octanol–water partition coefficient (Wildman–Crippen LogP) is -0.436. The molecule has 25 heavy (non-hydrogen) atoms. The van der Waals surface area contributed by atoms with Gasteiger partial charge in [-0.15, -0.1) is 5.10 Å². The normalized spacial score (nSPS) is 26.9. The van der Waals surface area contributed by atoms with Gasteiger partial charge in [0.25, 0.3) is 0 Å². The Labute approximate surface area is 145 Å². The number of carbonyl (C=O) groups excluding carboxylic acids is 1. The first-order chi connectivity index (χ1) is 12.3. The molecule has 2 aliphatic rings. The molecule has 2 fully saturated rings. The molecule has 4 heterocycles. The van der Waals surface area contributed by atoms with Crippen LogP contribution in [0.25, 0.3) is 0 Å². The van der Waals surface area contributed by atoms with Crippen molar-refractivity contribution in [2.75, 3.05) is 13.1 Å². The number of hydrogen-bond donors (Lipinski definition) is 2. The third kappa shape index (κ3) is 3.40. The van der Waals surface area contributed by atoms with Crippen molar-refractivity contribution in [3.8, 4) is 0 Å². The zero-order valence-electron chi connectivity index (χ0n) is 14.0. The summed E-state index contributed by atoms with van der Waals surface area (Å²) in [6, 6.07) is 2.19. The second-order valence-corrected chi connectivity index (χ2v) is 6.61. The van der Waals surface area contributed by atoms with Crippen LogP contribution in [-0.2, 0) is 11.3 Å². The Balaban J connectivity index is 1.44. The van der Waals surface area contributed by atoms with E-state index in [2.05, 4.69) is 36.4 Å². The van der Waals surface area contributed by atoms with Gasteiger partial charge in [0.1, 0.15) is 12.5 Å². The third-order valence-corrected chi connectivity index (χ3v) is 5.08. The number of carbonyl (C=O) groups is 1. The van der Waals surface area contributed by atoms with Crippen molar-refractivity contribution in [1.29, 1.82) is 0 Å². The lowest BCUT2D eigenvalue weighted by molar-refractivity contribution is -0.140. The second kappa shape index (κ2) is 7.28. The molecule has 2 saturated heterocycles. The molecule has 3 atom stereocenters. The van der Waals surface area contributed by atoms with Gasteiger partial charge in [-0.1, -0.05) is 0 Å². The number of hydrogen-bond acceptors (Lipinski definition) is 7. The Kier molecular flexibility index (Phi) is 4.70. The van der Waals surface area contributed by atoms with Crippen molar-refractivity contribution >= 4 is 5.91 Å². The summed E-state index contributed by atoms with van der Waals surface area (Å²) in [7, 11) is 0. The van der Waals surface area contributed by atoms with Gasteiger partial charge in [-0.3, -0.25) is 14.9 Å². The van der Waals surface area contributed by atoms with Crippen molar-refractivity contribution in [1.82, 2.24) is 45.7 Å². The number of hydrazine groups is 1. The molecule has 10 heteroatoms. The van der Waals surface area contributed by atoms with Gasteiger partial charge in [0, 0.05) is 38.1 Å². The molecule has 0 radical (unpaired) electrons. The highest BCUT2D eigenvalue weighted by Gasteiger charge is 2.39. The van der Waals surface area contributed by atoms with Crippen LogP contribution >= 0.6 is 0 Å². The smallest absolute Gasteiger partial charge is 0.230 e. The van der Waals surface area contributed by atoms with Crippen LogP contribution in [-0.4, -0.2) is 59.9 Å². The van der Waals surface area contributed by atoms with E-state index in [4.69, 9.17) is 0 Å². The van der Waals surface area contributed by atoms with E-state index in [-0.39, 0.29) is 24.0 Å². The Morgan fingerprint density at radius 2 is 2.28 bits per heavy atom. The lowest BCUT2D eigenvalue weighted by Gasteiger charge is -2.38. The SMILES string of the molecule is O=C(C1CNNC1n1cnnn1)N1CCCCC1CCn1cccn1. The van der Waals surface area contributed by atoms with Crippen LogP contribution in [0.5, 0.6) is 0 Å². The van der Waals surface area contributed by atoms with Crippen LogP contribution in [0.3, 0.4) is 0 Å². The number of aryl methyl sites for hydroxylation is 1. The van der Waals surface area contributed by atoms with E-state index in [1.807, 2.05) is 16.9 Å². The van der Waals surface area contributed by atoms with Gasteiger partial charge in [0.05, 0.1) is 5.92 Å². The fraction of sp³-hybridized carbons (Fsp3) is 0.667. The number of tetrazole rings is 1. The zero-order valence-corrected chi connectivity index (χ0v) is 14.0. The van der Waals surface area contributed by atoms with Gasteiger partial charge < -0.3 is 4.90 Å². The van der Waals surface area contributed by atoms with Crippen LogP contribution in [0.4, 0.5) is 0 Å². The van der Waals surface area contributed by atoms with E-state index < -0.39 is 0 Å². The van der Waals surface area contributed by atoms with Crippen LogP contribution in [0.1, 0.15) is 31.8 Å². The fourth-order valence-electron chi connectivity index (χ4n) is 3.77. The van der Waals surface area contributed by atoms with Gasteiger partial charge in [-0.05, 0) is 42.2 Å². The summed E-state index contributed by atoms with van der Waals surface area (Å²) < 4.78 is 3.53. The molecule has 134 valence electrons. The molecule has 2 N–H and O–H groups in total. The Hall–Kier alpha value is -2.33. The van der Waals surface area contributed by atoms with Gasteiger partial charge in [-0.2, -0.15) is 5.10 Å². The molecule has 0 aromatic carbocycles. The topological polar surface area (TPSA) is 106 Å². The maximum atomic E-state index is 13.2. The molecule has 1 amide bonds. The largest absolute Gasteiger partial charge is 0.339 e. The first-order valence-electron chi connectivity index (χ1n) is 8.82. The standard InChI is InChI=1S/C15H23N9O/c25-15(13-10-16-19-14(13)24-11-17-20-21-24)23-8-2-1-4-12(23)5-9-22-7-3-6-18-22/h3,6-7,11-14,16,19H,1-2,4-5,8-10H2. The van der Waals surface area contributed by atoms with E-state index in [9.17, 15) is 4.79 Å². The molecule has 0 aliphatic carbocycles. The molecule has 2 aromatic rings. The summed E-state index contributed by atoms with van der Waals surface area (Å²) in [5.74, 6) is -0.0445. The molecular weight excluding hydrogens is 322 g/mol. The van der Waals surface area contributed by atoms with Crippen LogP contribution in [0, 0.1) is 5.92 Å². The molecular formula is C15H23N9O. The van der Waals surface area contributed by atoms with Crippen LogP contribution in [0.2, 0.25) is 0 Å². The predicted molar refractivity (Wildman–Crippen MR) is 87.7 cm³/mol. The van der Waals surface area contributed by atoms with Crippen LogP contribution < -0.4 is 10.9 Å². The lowest BCUT2D eigenvalue weighted by Crippen LogP contribution is -2.48. The number of amides is 1. The third-order valence-electron chi connectivity index (χ3n) is 5.08. The van der Waals surface area contributed by atoms with Crippen molar-refractivity contribution in [2.45, 2.75) is 44.4 Å². The Morgan fingerprint density at radius 3 is 3.08 bits per heavy atom. The summed E-state index contributed by atoms with van der Waals surface area (Å²) in [6.45, 7) is 2.23. The zero-order chi connectivity index (χ0) is 17.1. The molecule has 0 saturated carbocycles. The number of nitrogens with one attached hydrogen (secondary N) is 2. The molecule has 0 bridgehead atoms. The second-order valence-electron chi connectivity index (χ2n) is 6.61. The maximum Gasteiger partial charge on any atom is 0.230 e. The quantitative estimate of drug-likeness (QED) is 0.757. The Morgan fingerprint density at radius 1 is 1.32 bits per heavy atom. The van der Waals surface area contributed by atoms with Gasteiger partial charge in [0.2, 0.25) is 5.91 Å². The average Bonchev–Trinajstić information content (AvgIpc) is 3.41. The molecule has 2 aliphatic heterocycles. The van der Waals surface area contributed by atoms with Gasteiger partial charge in [0.15, 0.2) is 0 Å². The fourth-order valence-corrected chi connectivity index (χ4v) is 3.77. The maximum absolute atomic E-state index is 13.2. The monoisotopic (exact) mass is 345 g/mol. The number of piperidine rings is 1. The summed E-state index contributed by atoms with van der Waals surface area (Å²) >= 11 is 0. The minimum atomic E-state index is -0.254. The number of nitrogens with zero attached hydrogens (tertiary/aromatic N) is 7. The number of likely N-dealkylation sites (tertiary alicyclic amines) is 1. The summed E-state index contributed by atoms with van der Waals surface area (Å²) in [4.78, 5) is 15.3. The van der Waals surface area contributed by atoms with E-state index >= 15 is 0 Å². The molecule has 3 unspecified atom stereocenters. The molecule has 4 rings (SSSR count). The van der Waals surface area contributed by atoms with Crippen molar-refractivity contribution in [3.63, 3.8) is 0 Å². The first kappa shape index (κ1) is 16.2. The van der Waals surface area contributed by atoms with Crippen molar-refractivity contribution in [2.24, 2.45) is 5.92 Å². The lowest BCUT2D eigenvalue weighted by atomic mass is 9.96.